The molecule has 0 aliphatic carbocycles. The second-order valence-electron chi connectivity index (χ2n) is 21.4. The molecule has 11 aromatic rings. The van der Waals surface area contributed by atoms with Gasteiger partial charge >= 0.3 is 417 Å². The van der Waals surface area contributed by atoms with Crippen molar-refractivity contribution in [2.45, 2.75) is 60.1 Å². The van der Waals surface area contributed by atoms with Crippen LogP contribution in [0.25, 0.3) is 78.0 Å². The molecular weight excluding hydrogens is 1130 g/mol. The molecule has 3 aliphatic rings. The van der Waals surface area contributed by atoms with E-state index >= 15 is 0 Å². The fraction of sp³-hybridized carbons (Fsp3) is 0.143. The van der Waals surface area contributed by atoms with E-state index in [1.54, 1.807) is 18.2 Å². The Morgan fingerprint density at radius 3 is 2.00 bits per heavy atom. The molecule has 3 aliphatic heterocycles. The number of pyridine rings is 1. The monoisotopic (exact) mass is 1200 g/mol. The van der Waals surface area contributed by atoms with Crippen LogP contribution in [0, 0.1) is 23.4 Å². The summed E-state index contributed by atoms with van der Waals surface area (Å²) in [5.74, 6) is 0.118. The average Bonchev–Trinajstić information content (AvgIpc) is 1.59. The number of imidazole rings is 1. The molecule has 0 spiro atoms. The van der Waals surface area contributed by atoms with Crippen molar-refractivity contribution in [1.29, 1.82) is 0 Å². The fourth-order valence-corrected chi connectivity index (χ4v) is 12.9. The van der Waals surface area contributed by atoms with E-state index < -0.39 is 63.2 Å². The van der Waals surface area contributed by atoms with Crippen LogP contribution in [0.2, 0.25) is 0 Å². The molecule has 0 N–H and O–H groups in total. The van der Waals surface area contributed by atoms with Gasteiger partial charge in [-0.25, -0.2) is 0 Å². The van der Waals surface area contributed by atoms with E-state index in [1.807, 2.05) is 144 Å². The molecule has 2 aromatic heterocycles. The molecule has 8 heteroatoms. The van der Waals surface area contributed by atoms with E-state index in [4.69, 9.17) is 17.9 Å². The second kappa shape index (κ2) is 18.5. The topological polar surface area (TPSA) is 38.5 Å². The van der Waals surface area contributed by atoms with Gasteiger partial charge in [0, 0.05) is 11.3 Å². The zero-order chi connectivity index (χ0) is 64.3. The molecule has 78 heavy (non-hydrogen) atoms. The molecule has 5 heterocycles. The molecule has 0 saturated carbocycles. The van der Waals surface area contributed by atoms with Crippen molar-refractivity contribution in [1.82, 2.24) is 14.1 Å². The van der Waals surface area contributed by atoms with E-state index in [2.05, 4.69) is 74.0 Å². The van der Waals surface area contributed by atoms with Crippen LogP contribution in [0.5, 0.6) is 11.6 Å². The van der Waals surface area contributed by atoms with Crippen LogP contribution < -0.4 is 19.8 Å². The molecule has 6 nitrogen and oxygen atoms in total. The minimum absolute atomic E-state index is 0.0265. The Balaban J connectivity index is 1.04. The van der Waals surface area contributed by atoms with Gasteiger partial charge in [-0.15, -0.1) is 0 Å². The first-order chi connectivity index (χ1) is 43.2. The molecule has 9 aromatic carbocycles. The van der Waals surface area contributed by atoms with E-state index in [9.17, 15) is 9.60 Å². The Bertz CT molecular complexity index is 4920. The number of hydrogen-bond donors (Lipinski definition) is 0. The molecule has 0 bridgehead atoms. The number of rotatable bonds is 9. The maximum atomic E-state index is 9.51. The van der Waals surface area contributed by atoms with Crippen molar-refractivity contribution in [2.75, 3.05) is 9.62 Å². The second-order valence-corrected chi connectivity index (χ2v) is 22.4. The number of aryl methyl sites for hydroxylation is 2. The first-order valence-corrected chi connectivity index (χ1v) is 27.2. The summed E-state index contributed by atoms with van der Waals surface area (Å²) in [7, 11) is 0. The summed E-state index contributed by atoms with van der Waals surface area (Å²) in [5, 5.41) is 0. The predicted octanol–water partition coefficient (Wildman–Crippen LogP) is 17.4. The zero-order valence-corrected chi connectivity index (χ0v) is 45.6. The molecule has 0 fully saturated rings. The molecule has 14 rings (SSSR count). The summed E-state index contributed by atoms with van der Waals surface area (Å²) in [4.78, 5) is 9.80. The Hall–Kier alpha value is -8.25. The molecular formula is C70H58BN5OPt. The van der Waals surface area contributed by atoms with E-state index in [0.717, 1.165) is 44.8 Å². The van der Waals surface area contributed by atoms with Crippen molar-refractivity contribution >= 4 is 46.4 Å². The van der Waals surface area contributed by atoms with Crippen molar-refractivity contribution < 1.29 is 41.9 Å². The van der Waals surface area contributed by atoms with Crippen LogP contribution >= 0.6 is 0 Å². The van der Waals surface area contributed by atoms with Crippen LogP contribution in [-0.2, 0) is 31.1 Å². The van der Waals surface area contributed by atoms with Crippen molar-refractivity contribution in [3.05, 3.63) is 232 Å². The standard InChI is InChI=1S/C70H58BN5O.Pt/c1-44(2)38-49-22-11-12-23-52(49)54-37-36-51(73-43-74(61-29-16-15-28-60(61)73)68-57(47-20-9-8-10-21-47)39-45(3)40-58(68)48-32-34-50(35-33-48)70(5,6)7)42-64(54)77-65-41-46(4)66-56-26-19-25-55-53-24-13-14-27-59(53)75-62-30-17-18-31-63(62)76(69(66)72-65)71(75)67(55)56;/h8-37,39-42,44H,38H2,1-7H3;/i3D3,4D3,8D,9D,10D,20D,21D,38D2;. The van der Waals surface area contributed by atoms with E-state index in [-0.39, 0.29) is 39.3 Å². The first kappa shape index (κ1) is 36.0. The molecule has 0 saturated heterocycles. The third kappa shape index (κ3) is 7.64. The van der Waals surface area contributed by atoms with Gasteiger partial charge in [0.05, 0.1) is 0 Å². The van der Waals surface area contributed by atoms with Gasteiger partial charge in [0.15, 0.2) is 0 Å². The Labute approximate surface area is 486 Å². The number of anilines is 4. The summed E-state index contributed by atoms with van der Waals surface area (Å²) < 4.78 is 130. The quantitative estimate of drug-likeness (QED) is 0.135. The van der Waals surface area contributed by atoms with Gasteiger partial charge in [-0.3, -0.25) is 0 Å². The van der Waals surface area contributed by atoms with Crippen molar-refractivity contribution in [3.63, 3.8) is 0 Å². The van der Waals surface area contributed by atoms with E-state index in [0.29, 0.717) is 65.4 Å². The van der Waals surface area contributed by atoms with Crippen LogP contribution in [-0.4, -0.2) is 21.1 Å². The summed E-state index contributed by atoms with van der Waals surface area (Å²) in [6, 6.07) is 52.2. The van der Waals surface area contributed by atoms with Crippen LogP contribution in [0.1, 0.15) is 74.7 Å². The van der Waals surface area contributed by atoms with Gasteiger partial charge in [-0.05, 0) is 17.7 Å². The summed E-state index contributed by atoms with van der Waals surface area (Å²) in [5.41, 5.74) is 12.1. The normalized spacial score (nSPS) is 15.9. The Morgan fingerprint density at radius 1 is 0.615 bits per heavy atom. The van der Waals surface area contributed by atoms with Crippen molar-refractivity contribution in [3.8, 4) is 78.6 Å². The minimum atomic E-state index is -2.70. The van der Waals surface area contributed by atoms with Gasteiger partial charge in [-0.1, -0.05) is 42.5 Å². The molecule has 0 amide bonds. The average molecular weight is 1200 g/mol. The number of aromatic nitrogens is 3. The number of nitrogens with zero attached hydrogens (tertiary/aromatic N) is 5. The van der Waals surface area contributed by atoms with Gasteiger partial charge in [0.25, 0.3) is 0 Å². The summed E-state index contributed by atoms with van der Waals surface area (Å²) >= 11 is 2.21. The van der Waals surface area contributed by atoms with Gasteiger partial charge in [0.2, 0.25) is 0 Å². The Kier molecular flexibility index (Phi) is 8.51. The summed E-state index contributed by atoms with van der Waals surface area (Å²) in [6.07, 6.45) is -1.83. The van der Waals surface area contributed by atoms with Crippen molar-refractivity contribution in [2.24, 2.45) is 5.92 Å². The van der Waals surface area contributed by atoms with Gasteiger partial charge < -0.3 is 0 Å². The molecule has 0 atom stereocenters. The van der Waals surface area contributed by atoms with E-state index in [1.165, 1.54) is 12.1 Å². The molecule has 0 unspecified atom stereocenters. The summed E-state index contributed by atoms with van der Waals surface area (Å²) in [6.45, 7) is 4.11. The van der Waals surface area contributed by atoms with Crippen LogP contribution in [0.15, 0.2) is 206 Å². The predicted molar refractivity (Wildman–Crippen MR) is 320 cm³/mol. The number of para-hydroxylation sites is 5. The Morgan fingerprint density at radius 2 is 1.27 bits per heavy atom. The van der Waals surface area contributed by atoms with Gasteiger partial charge in [0.1, 0.15) is 0 Å². The SMILES string of the molecule is [2H]c1c([2H])c([2H])c(-c2cc(C([2H])([2H])[2H])cc(-c3ccc(C(C)(C)C)cc3)c2-n2[c](=[Pt])n(-c3ccc(-c4ccccc4C([2H])([2H])C(C)C)c(Oc4cc(C([2H])([2H])[2H])c5c(n4)N4B6c7c(cccc7-5)-c5ccccc5N6c5ccccc54)c3)c3ccccc32)c([2H])c1[2H]. The number of hydrogen-bond acceptors (Lipinski definition) is 4. The van der Waals surface area contributed by atoms with Gasteiger partial charge in [-0.2, -0.15) is 0 Å². The molecule has 382 valence electrons. The maximum absolute atomic E-state index is 9.51. The van der Waals surface area contributed by atoms with Crippen LogP contribution in [0.3, 0.4) is 0 Å². The third-order valence-electron chi connectivity index (χ3n) is 15.2. The zero-order valence-electron chi connectivity index (χ0n) is 56.4. The first-order valence-electron chi connectivity index (χ1n) is 32.6. The van der Waals surface area contributed by atoms with Crippen LogP contribution in [0.4, 0.5) is 22.9 Å². The number of fused-ring (bicyclic) bond motifs is 10. The fourth-order valence-electron chi connectivity index (χ4n) is 11.8. The number of benzene rings is 9. The third-order valence-corrected chi connectivity index (χ3v) is 16.2. The molecule has 0 radical (unpaired) electrons. The number of ether oxygens (including phenoxy) is 1.